The molecule has 0 amide bonds. The molecule has 0 saturated carbocycles. The molecule has 1 aliphatic rings. The van der Waals surface area contributed by atoms with Gasteiger partial charge in [-0.3, -0.25) is 0 Å². The van der Waals surface area contributed by atoms with Crippen LogP contribution in [0.15, 0.2) is 18.2 Å². The zero-order valence-corrected chi connectivity index (χ0v) is 10.9. The van der Waals surface area contributed by atoms with E-state index in [1.54, 1.807) is 7.11 Å². The van der Waals surface area contributed by atoms with Gasteiger partial charge in [0.05, 0.1) is 18.5 Å². The first-order chi connectivity index (χ1) is 8.77. The van der Waals surface area contributed by atoms with Crippen molar-refractivity contribution < 1.29 is 9.84 Å². The molecule has 1 atom stereocenters. The summed E-state index contributed by atoms with van der Waals surface area (Å²) >= 11 is 0. The van der Waals surface area contributed by atoms with E-state index in [9.17, 15) is 0 Å². The number of anilines is 2. The third kappa shape index (κ3) is 2.53. The minimum atomic E-state index is 0.262. The minimum absolute atomic E-state index is 0.262. The number of para-hydroxylation sites is 1. The van der Waals surface area contributed by atoms with Crippen LogP contribution in [0.1, 0.15) is 25.7 Å². The van der Waals surface area contributed by atoms with Gasteiger partial charge in [0.15, 0.2) is 0 Å². The number of ether oxygens (including phenoxy) is 1. The van der Waals surface area contributed by atoms with E-state index in [1.165, 1.54) is 12.8 Å². The SMILES string of the molecule is COc1cccc(N2CCCC2CCCO)c1N. The van der Waals surface area contributed by atoms with Crippen LogP contribution < -0.4 is 15.4 Å². The normalized spacial score (nSPS) is 19.2. The largest absolute Gasteiger partial charge is 0.495 e. The maximum Gasteiger partial charge on any atom is 0.143 e. The Hall–Kier alpha value is -1.42. The molecule has 1 fully saturated rings. The summed E-state index contributed by atoms with van der Waals surface area (Å²) in [5.41, 5.74) is 7.93. The number of hydrogen-bond acceptors (Lipinski definition) is 4. The van der Waals surface area contributed by atoms with E-state index in [4.69, 9.17) is 15.6 Å². The molecule has 0 aliphatic carbocycles. The number of hydrogen-bond donors (Lipinski definition) is 2. The number of nitrogens with two attached hydrogens (primary N) is 1. The van der Waals surface area contributed by atoms with E-state index in [0.717, 1.165) is 36.5 Å². The Morgan fingerprint density at radius 3 is 3.06 bits per heavy atom. The molecule has 0 radical (unpaired) electrons. The van der Waals surface area contributed by atoms with Crippen molar-refractivity contribution in [1.29, 1.82) is 0 Å². The van der Waals surface area contributed by atoms with Crippen molar-refractivity contribution in [3.05, 3.63) is 18.2 Å². The molecule has 0 spiro atoms. The lowest BCUT2D eigenvalue weighted by Crippen LogP contribution is -2.30. The van der Waals surface area contributed by atoms with Crippen molar-refractivity contribution in [2.45, 2.75) is 31.7 Å². The molecular formula is C14H22N2O2. The third-order valence-electron chi connectivity index (χ3n) is 3.65. The molecule has 0 aromatic heterocycles. The second-order valence-corrected chi connectivity index (χ2v) is 4.75. The van der Waals surface area contributed by atoms with Gasteiger partial charge in [-0.15, -0.1) is 0 Å². The molecular weight excluding hydrogens is 228 g/mol. The number of methoxy groups -OCH3 is 1. The van der Waals surface area contributed by atoms with E-state index in [-0.39, 0.29) is 6.61 Å². The number of benzene rings is 1. The molecule has 1 unspecified atom stereocenters. The molecule has 4 nitrogen and oxygen atoms in total. The lowest BCUT2D eigenvalue weighted by atomic mass is 10.1. The summed E-state index contributed by atoms with van der Waals surface area (Å²) in [4.78, 5) is 2.35. The Labute approximate surface area is 108 Å². The standard InChI is InChI=1S/C14H22N2O2/c1-18-13-8-2-7-12(14(13)15)16-9-3-5-11(16)6-4-10-17/h2,7-8,11,17H,3-6,9-10,15H2,1H3. The Morgan fingerprint density at radius 1 is 1.50 bits per heavy atom. The quantitative estimate of drug-likeness (QED) is 0.785. The topological polar surface area (TPSA) is 58.7 Å². The Balaban J connectivity index is 2.19. The number of aliphatic hydroxyl groups excluding tert-OH is 1. The summed E-state index contributed by atoms with van der Waals surface area (Å²) in [6.07, 6.45) is 4.24. The van der Waals surface area contributed by atoms with Gasteiger partial charge in [-0.2, -0.15) is 0 Å². The van der Waals surface area contributed by atoms with Crippen molar-refractivity contribution in [3.63, 3.8) is 0 Å². The monoisotopic (exact) mass is 250 g/mol. The van der Waals surface area contributed by atoms with E-state index in [2.05, 4.69) is 11.0 Å². The molecule has 1 aromatic carbocycles. The predicted molar refractivity (Wildman–Crippen MR) is 74.1 cm³/mol. The fourth-order valence-corrected chi connectivity index (χ4v) is 2.74. The van der Waals surface area contributed by atoms with Gasteiger partial charge in [0.1, 0.15) is 5.75 Å². The number of nitrogens with zero attached hydrogens (tertiary/aromatic N) is 1. The summed E-state index contributed by atoms with van der Waals surface area (Å²) in [5, 5.41) is 8.96. The van der Waals surface area contributed by atoms with Crippen LogP contribution in [0.4, 0.5) is 11.4 Å². The first kappa shape index (κ1) is 13.0. The molecule has 18 heavy (non-hydrogen) atoms. The van der Waals surface area contributed by atoms with Crippen LogP contribution in [0.5, 0.6) is 5.75 Å². The molecule has 2 rings (SSSR count). The van der Waals surface area contributed by atoms with Gasteiger partial charge in [-0.25, -0.2) is 0 Å². The number of rotatable bonds is 5. The highest BCUT2D eigenvalue weighted by atomic mass is 16.5. The highest BCUT2D eigenvalue weighted by Crippen LogP contribution is 2.36. The van der Waals surface area contributed by atoms with Gasteiger partial charge >= 0.3 is 0 Å². The first-order valence-electron chi connectivity index (χ1n) is 6.58. The molecule has 4 heteroatoms. The van der Waals surface area contributed by atoms with Crippen LogP contribution in [-0.2, 0) is 0 Å². The molecule has 1 aromatic rings. The molecule has 1 heterocycles. The smallest absolute Gasteiger partial charge is 0.143 e. The maximum absolute atomic E-state index is 8.96. The van der Waals surface area contributed by atoms with Gasteiger partial charge in [0, 0.05) is 19.2 Å². The summed E-state index contributed by atoms with van der Waals surface area (Å²) in [5.74, 6) is 0.736. The van der Waals surface area contributed by atoms with Crippen LogP contribution in [0, 0.1) is 0 Å². The zero-order valence-electron chi connectivity index (χ0n) is 10.9. The molecule has 1 saturated heterocycles. The van der Waals surface area contributed by atoms with Gasteiger partial charge in [-0.1, -0.05) is 6.07 Å². The summed E-state index contributed by atoms with van der Waals surface area (Å²) in [6.45, 7) is 1.30. The average Bonchev–Trinajstić information content (AvgIpc) is 2.84. The van der Waals surface area contributed by atoms with E-state index in [0.29, 0.717) is 6.04 Å². The highest BCUT2D eigenvalue weighted by Gasteiger charge is 2.26. The fourth-order valence-electron chi connectivity index (χ4n) is 2.74. The Kier molecular flexibility index (Phi) is 4.31. The van der Waals surface area contributed by atoms with Crippen molar-refractivity contribution in [2.24, 2.45) is 0 Å². The van der Waals surface area contributed by atoms with Crippen LogP contribution >= 0.6 is 0 Å². The second-order valence-electron chi connectivity index (χ2n) is 4.75. The maximum atomic E-state index is 8.96. The fraction of sp³-hybridized carbons (Fsp3) is 0.571. The summed E-state index contributed by atoms with van der Waals surface area (Å²) in [6, 6.07) is 6.41. The van der Waals surface area contributed by atoms with Gasteiger partial charge in [0.25, 0.3) is 0 Å². The van der Waals surface area contributed by atoms with Gasteiger partial charge in [0.2, 0.25) is 0 Å². The molecule has 3 N–H and O–H groups in total. The van der Waals surface area contributed by atoms with Crippen molar-refractivity contribution in [1.82, 2.24) is 0 Å². The molecule has 100 valence electrons. The van der Waals surface area contributed by atoms with Crippen molar-refractivity contribution in [2.75, 3.05) is 30.9 Å². The van der Waals surface area contributed by atoms with Crippen LogP contribution in [0.3, 0.4) is 0 Å². The van der Waals surface area contributed by atoms with Crippen molar-refractivity contribution >= 4 is 11.4 Å². The molecule has 1 aliphatic heterocycles. The van der Waals surface area contributed by atoms with Gasteiger partial charge < -0.3 is 20.5 Å². The average molecular weight is 250 g/mol. The first-order valence-corrected chi connectivity index (χ1v) is 6.58. The van der Waals surface area contributed by atoms with Crippen LogP contribution in [0.25, 0.3) is 0 Å². The molecule has 0 bridgehead atoms. The third-order valence-corrected chi connectivity index (χ3v) is 3.65. The number of nitrogen functional groups attached to an aromatic ring is 1. The van der Waals surface area contributed by atoms with Crippen molar-refractivity contribution in [3.8, 4) is 5.75 Å². The highest BCUT2D eigenvalue weighted by molar-refractivity contribution is 5.74. The van der Waals surface area contributed by atoms with Gasteiger partial charge in [-0.05, 0) is 37.8 Å². The van der Waals surface area contributed by atoms with E-state index < -0.39 is 0 Å². The van der Waals surface area contributed by atoms with E-state index in [1.807, 2.05) is 12.1 Å². The van der Waals surface area contributed by atoms with Crippen LogP contribution in [-0.4, -0.2) is 31.4 Å². The second kappa shape index (κ2) is 5.96. The lowest BCUT2D eigenvalue weighted by Gasteiger charge is -2.28. The summed E-state index contributed by atoms with van der Waals surface area (Å²) < 4.78 is 5.27. The summed E-state index contributed by atoms with van der Waals surface area (Å²) in [7, 11) is 1.64. The Bertz CT molecular complexity index is 395. The Morgan fingerprint density at radius 2 is 2.33 bits per heavy atom. The predicted octanol–water partition coefficient (Wildman–Crippen LogP) is 2.02. The van der Waals surface area contributed by atoms with Crippen LogP contribution in [0.2, 0.25) is 0 Å². The number of aliphatic hydroxyl groups is 1. The minimum Gasteiger partial charge on any atom is -0.495 e. The van der Waals surface area contributed by atoms with E-state index >= 15 is 0 Å². The zero-order chi connectivity index (χ0) is 13.0. The lowest BCUT2D eigenvalue weighted by molar-refractivity contribution is 0.279.